The largest absolute Gasteiger partial charge is 0.486 e. The highest BCUT2D eigenvalue weighted by atomic mass is 16.6. The summed E-state index contributed by atoms with van der Waals surface area (Å²) in [6.45, 7) is 2.84. The Kier molecular flexibility index (Phi) is 3.19. The van der Waals surface area contributed by atoms with Crippen LogP contribution in [0.3, 0.4) is 0 Å². The van der Waals surface area contributed by atoms with Crippen molar-refractivity contribution in [3.05, 3.63) is 23.3 Å². The Bertz CT molecular complexity index is 444. The molecular formula is C12H15NO4. The van der Waals surface area contributed by atoms with E-state index in [9.17, 15) is 4.79 Å². The molecule has 0 bridgehead atoms. The normalized spacial score (nSPS) is 15.4. The number of carboxylic acid groups (broad SMARTS) is 1. The van der Waals surface area contributed by atoms with Crippen LogP contribution >= 0.6 is 0 Å². The lowest BCUT2D eigenvalue weighted by atomic mass is 9.96. The maximum atomic E-state index is 11.2. The van der Waals surface area contributed by atoms with E-state index in [4.69, 9.17) is 20.3 Å². The minimum atomic E-state index is -0.950. The maximum absolute atomic E-state index is 11.2. The van der Waals surface area contributed by atoms with Crippen molar-refractivity contribution in [2.45, 2.75) is 12.8 Å². The second kappa shape index (κ2) is 4.63. The molecule has 1 aliphatic rings. The summed E-state index contributed by atoms with van der Waals surface area (Å²) in [5.74, 6) is -0.592. The van der Waals surface area contributed by atoms with Gasteiger partial charge in [0.25, 0.3) is 0 Å². The van der Waals surface area contributed by atoms with Crippen LogP contribution < -0.4 is 15.2 Å². The van der Waals surface area contributed by atoms with Gasteiger partial charge in [0, 0.05) is 12.1 Å². The quantitative estimate of drug-likeness (QED) is 0.816. The topological polar surface area (TPSA) is 81.8 Å². The van der Waals surface area contributed by atoms with Crippen LogP contribution in [0.25, 0.3) is 0 Å². The number of aryl methyl sites for hydroxylation is 1. The first-order valence-electron chi connectivity index (χ1n) is 5.46. The number of carbonyl (C=O) groups is 1. The third kappa shape index (κ3) is 2.19. The number of carboxylic acids is 1. The van der Waals surface area contributed by atoms with Crippen molar-refractivity contribution < 1.29 is 19.4 Å². The Labute approximate surface area is 99.1 Å². The van der Waals surface area contributed by atoms with Crippen LogP contribution in [0.15, 0.2) is 12.1 Å². The number of nitrogens with two attached hydrogens (primary N) is 1. The first-order chi connectivity index (χ1) is 8.13. The van der Waals surface area contributed by atoms with Gasteiger partial charge in [-0.3, -0.25) is 4.79 Å². The molecule has 1 unspecified atom stereocenters. The van der Waals surface area contributed by atoms with E-state index in [-0.39, 0.29) is 6.54 Å². The highest BCUT2D eigenvalue weighted by molar-refractivity contribution is 5.78. The second-order valence-corrected chi connectivity index (χ2v) is 4.00. The van der Waals surface area contributed by atoms with Gasteiger partial charge in [-0.05, 0) is 18.6 Å². The van der Waals surface area contributed by atoms with Gasteiger partial charge in [0.1, 0.15) is 13.2 Å². The monoisotopic (exact) mass is 237 g/mol. The molecule has 17 heavy (non-hydrogen) atoms. The average molecular weight is 237 g/mol. The van der Waals surface area contributed by atoms with Crippen molar-refractivity contribution >= 4 is 5.97 Å². The molecule has 1 aromatic carbocycles. The molecule has 92 valence electrons. The van der Waals surface area contributed by atoms with Gasteiger partial charge in [-0.25, -0.2) is 0 Å². The van der Waals surface area contributed by atoms with Crippen LogP contribution in [0.5, 0.6) is 11.5 Å². The molecule has 1 aliphatic heterocycles. The molecule has 3 N–H and O–H groups in total. The molecule has 5 nitrogen and oxygen atoms in total. The number of aliphatic carboxylic acids is 1. The van der Waals surface area contributed by atoms with E-state index in [0.29, 0.717) is 30.3 Å². The SMILES string of the molecule is Cc1cc2c(c(C(CN)C(=O)O)c1)OCCO2. The number of ether oxygens (including phenoxy) is 2. The molecule has 0 spiro atoms. The van der Waals surface area contributed by atoms with Crippen LogP contribution in [0, 0.1) is 6.92 Å². The molecule has 0 radical (unpaired) electrons. The summed E-state index contributed by atoms with van der Waals surface area (Å²) in [6.07, 6.45) is 0. The van der Waals surface area contributed by atoms with E-state index in [1.165, 1.54) is 0 Å². The van der Waals surface area contributed by atoms with Gasteiger partial charge in [0.15, 0.2) is 11.5 Å². The molecular weight excluding hydrogens is 222 g/mol. The average Bonchev–Trinajstić information content (AvgIpc) is 2.29. The van der Waals surface area contributed by atoms with Gasteiger partial charge in [0.2, 0.25) is 0 Å². The summed E-state index contributed by atoms with van der Waals surface area (Å²) < 4.78 is 11.0. The van der Waals surface area contributed by atoms with Gasteiger partial charge in [-0.15, -0.1) is 0 Å². The Morgan fingerprint density at radius 1 is 1.47 bits per heavy atom. The first kappa shape index (κ1) is 11.7. The summed E-state index contributed by atoms with van der Waals surface area (Å²) >= 11 is 0. The van der Waals surface area contributed by atoms with Crippen LogP contribution in [0.1, 0.15) is 17.0 Å². The standard InChI is InChI=1S/C12H15NO4/c1-7-4-8(9(6-13)12(14)15)11-10(5-7)16-2-3-17-11/h4-5,9H,2-3,6,13H2,1H3,(H,14,15). The Morgan fingerprint density at radius 2 is 2.18 bits per heavy atom. The third-order valence-electron chi connectivity index (χ3n) is 2.72. The first-order valence-corrected chi connectivity index (χ1v) is 5.46. The highest BCUT2D eigenvalue weighted by Gasteiger charge is 2.26. The predicted octanol–water partition coefficient (Wildman–Crippen LogP) is 0.893. The lowest BCUT2D eigenvalue weighted by Crippen LogP contribution is -2.24. The van der Waals surface area contributed by atoms with Gasteiger partial charge in [0.05, 0.1) is 5.92 Å². The van der Waals surface area contributed by atoms with E-state index in [1.54, 1.807) is 6.07 Å². The molecule has 2 rings (SSSR count). The summed E-state index contributed by atoms with van der Waals surface area (Å²) in [5.41, 5.74) is 7.04. The van der Waals surface area contributed by atoms with Gasteiger partial charge >= 0.3 is 5.97 Å². The second-order valence-electron chi connectivity index (χ2n) is 4.00. The van der Waals surface area contributed by atoms with Crippen LogP contribution in [-0.4, -0.2) is 30.8 Å². The van der Waals surface area contributed by atoms with Crippen molar-refractivity contribution in [1.82, 2.24) is 0 Å². The van der Waals surface area contributed by atoms with E-state index < -0.39 is 11.9 Å². The maximum Gasteiger partial charge on any atom is 0.312 e. The lowest BCUT2D eigenvalue weighted by molar-refractivity contribution is -0.138. The zero-order valence-corrected chi connectivity index (χ0v) is 9.60. The van der Waals surface area contributed by atoms with Crippen molar-refractivity contribution in [3.8, 4) is 11.5 Å². The van der Waals surface area contributed by atoms with E-state index in [0.717, 1.165) is 5.56 Å². The molecule has 1 atom stereocenters. The molecule has 0 amide bonds. The van der Waals surface area contributed by atoms with Crippen molar-refractivity contribution in [3.63, 3.8) is 0 Å². The highest BCUT2D eigenvalue weighted by Crippen LogP contribution is 2.38. The fourth-order valence-electron chi connectivity index (χ4n) is 1.94. The third-order valence-corrected chi connectivity index (χ3v) is 2.72. The lowest BCUT2D eigenvalue weighted by Gasteiger charge is -2.23. The fraction of sp³-hybridized carbons (Fsp3) is 0.417. The summed E-state index contributed by atoms with van der Waals surface area (Å²) in [5, 5.41) is 9.14. The number of hydrogen-bond donors (Lipinski definition) is 2. The molecule has 1 heterocycles. The molecule has 5 heteroatoms. The molecule has 1 aromatic rings. The number of benzene rings is 1. The van der Waals surface area contributed by atoms with E-state index >= 15 is 0 Å². The van der Waals surface area contributed by atoms with Crippen molar-refractivity contribution in [2.24, 2.45) is 5.73 Å². The van der Waals surface area contributed by atoms with E-state index in [2.05, 4.69) is 0 Å². The molecule has 0 aliphatic carbocycles. The number of rotatable bonds is 3. The van der Waals surface area contributed by atoms with Crippen molar-refractivity contribution in [1.29, 1.82) is 0 Å². The predicted molar refractivity (Wildman–Crippen MR) is 61.6 cm³/mol. The smallest absolute Gasteiger partial charge is 0.312 e. The Balaban J connectivity index is 2.51. The Hall–Kier alpha value is -1.75. The summed E-state index contributed by atoms with van der Waals surface area (Å²) in [6, 6.07) is 3.63. The molecule has 0 aromatic heterocycles. The van der Waals surface area contributed by atoms with Crippen molar-refractivity contribution in [2.75, 3.05) is 19.8 Å². The zero-order chi connectivity index (χ0) is 12.4. The summed E-state index contributed by atoms with van der Waals surface area (Å²) in [7, 11) is 0. The van der Waals surface area contributed by atoms with Crippen LogP contribution in [0.2, 0.25) is 0 Å². The number of fused-ring (bicyclic) bond motifs is 1. The van der Waals surface area contributed by atoms with Crippen LogP contribution in [-0.2, 0) is 4.79 Å². The minimum Gasteiger partial charge on any atom is -0.486 e. The Morgan fingerprint density at radius 3 is 2.82 bits per heavy atom. The van der Waals surface area contributed by atoms with Gasteiger partial charge < -0.3 is 20.3 Å². The summed E-state index contributed by atoms with van der Waals surface area (Å²) in [4.78, 5) is 11.2. The molecule has 0 saturated carbocycles. The number of hydrogen-bond acceptors (Lipinski definition) is 4. The minimum absolute atomic E-state index is 0.0363. The van der Waals surface area contributed by atoms with E-state index in [1.807, 2.05) is 13.0 Å². The molecule has 0 saturated heterocycles. The fourth-order valence-corrected chi connectivity index (χ4v) is 1.94. The van der Waals surface area contributed by atoms with Gasteiger partial charge in [-0.2, -0.15) is 0 Å². The van der Waals surface area contributed by atoms with Gasteiger partial charge in [-0.1, -0.05) is 6.07 Å². The van der Waals surface area contributed by atoms with Crippen LogP contribution in [0.4, 0.5) is 0 Å². The zero-order valence-electron chi connectivity index (χ0n) is 9.60. The molecule has 0 fully saturated rings.